The number of hydrogen-bond acceptors (Lipinski definition) is 4. The summed E-state index contributed by atoms with van der Waals surface area (Å²) in [6.07, 6.45) is 2.13. The number of nitrogens with one attached hydrogen (secondary N) is 1. The SMILES string of the molecule is CCc1ccccc1N(CC(=O)N/N=C(/C)CCc1ccccc1)S(=O)(=O)c1ccccc1. The predicted molar refractivity (Wildman–Crippen MR) is 133 cm³/mol. The van der Waals surface area contributed by atoms with Gasteiger partial charge in [0.25, 0.3) is 15.9 Å². The smallest absolute Gasteiger partial charge is 0.264 e. The highest BCUT2D eigenvalue weighted by molar-refractivity contribution is 7.92. The molecule has 172 valence electrons. The van der Waals surface area contributed by atoms with Gasteiger partial charge in [-0.2, -0.15) is 5.10 Å². The van der Waals surface area contributed by atoms with Gasteiger partial charge in [0, 0.05) is 5.71 Å². The van der Waals surface area contributed by atoms with E-state index in [1.807, 2.05) is 56.3 Å². The first-order valence-corrected chi connectivity index (χ1v) is 12.4. The van der Waals surface area contributed by atoms with E-state index in [-0.39, 0.29) is 11.4 Å². The largest absolute Gasteiger partial charge is 0.271 e. The van der Waals surface area contributed by atoms with E-state index in [0.717, 1.165) is 22.0 Å². The maximum atomic E-state index is 13.4. The zero-order valence-electron chi connectivity index (χ0n) is 18.9. The predicted octanol–water partition coefficient (Wildman–Crippen LogP) is 4.57. The molecule has 0 aliphatic rings. The van der Waals surface area contributed by atoms with Crippen LogP contribution in [0.25, 0.3) is 0 Å². The van der Waals surface area contributed by atoms with Crippen molar-refractivity contribution < 1.29 is 13.2 Å². The van der Waals surface area contributed by atoms with E-state index in [0.29, 0.717) is 18.5 Å². The normalized spacial score (nSPS) is 11.8. The lowest BCUT2D eigenvalue weighted by Gasteiger charge is -2.25. The molecule has 1 amide bonds. The fraction of sp³-hybridized carbons (Fsp3) is 0.231. The number of aryl methyl sites for hydroxylation is 2. The fourth-order valence-corrected chi connectivity index (χ4v) is 4.90. The summed E-state index contributed by atoms with van der Waals surface area (Å²) >= 11 is 0. The van der Waals surface area contributed by atoms with Crippen LogP contribution < -0.4 is 9.73 Å². The van der Waals surface area contributed by atoms with Crippen molar-refractivity contribution in [2.75, 3.05) is 10.8 Å². The molecule has 0 aliphatic heterocycles. The van der Waals surface area contributed by atoms with E-state index in [1.54, 1.807) is 30.3 Å². The molecule has 0 radical (unpaired) electrons. The Hall–Kier alpha value is -3.45. The molecule has 0 saturated carbocycles. The number of amides is 1. The lowest BCUT2D eigenvalue weighted by atomic mass is 10.1. The Morgan fingerprint density at radius 1 is 0.909 bits per heavy atom. The second-order valence-electron chi connectivity index (χ2n) is 7.67. The lowest BCUT2D eigenvalue weighted by molar-refractivity contribution is -0.119. The molecule has 0 saturated heterocycles. The quantitative estimate of drug-likeness (QED) is 0.353. The number of nitrogens with zero attached hydrogens (tertiary/aromatic N) is 2. The van der Waals surface area contributed by atoms with E-state index < -0.39 is 15.9 Å². The van der Waals surface area contributed by atoms with Crippen molar-refractivity contribution >= 4 is 27.3 Å². The number of rotatable bonds is 10. The standard InChI is InChI=1S/C26H29N3O3S/c1-3-23-14-10-11-17-25(23)29(33(31,32)24-15-8-5-9-16-24)20-26(30)28-27-21(2)18-19-22-12-6-4-7-13-22/h4-17H,3,18-20H2,1-2H3,(H,28,30)/b27-21-. The second kappa shape index (κ2) is 11.4. The molecule has 0 fully saturated rings. The summed E-state index contributed by atoms with van der Waals surface area (Å²) in [7, 11) is -3.94. The number of hydrazone groups is 1. The van der Waals surface area contributed by atoms with Gasteiger partial charge < -0.3 is 0 Å². The van der Waals surface area contributed by atoms with Crippen LogP contribution in [0.4, 0.5) is 5.69 Å². The first-order valence-electron chi connectivity index (χ1n) is 10.9. The third-order valence-electron chi connectivity index (χ3n) is 5.25. The Balaban J connectivity index is 1.78. The van der Waals surface area contributed by atoms with Gasteiger partial charge in [0.15, 0.2) is 0 Å². The number of hydrogen-bond donors (Lipinski definition) is 1. The molecule has 0 bridgehead atoms. The Morgan fingerprint density at radius 3 is 2.18 bits per heavy atom. The molecule has 6 nitrogen and oxygen atoms in total. The van der Waals surface area contributed by atoms with Gasteiger partial charge in [-0.3, -0.25) is 9.10 Å². The van der Waals surface area contributed by atoms with Gasteiger partial charge in [0.2, 0.25) is 0 Å². The lowest BCUT2D eigenvalue weighted by Crippen LogP contribution is -2.40. The van der Waals surface area contributed by atoms with Gasteiger partial charge in [0.1, 0.15) is 6.54 Å². The van der Waals surface area contributed by atoms with Crippen LogP contribution >= 0.6 is 0 Å². The van der Waals surface area contributed by atoms with E-state index in [9.17, 15) is 13.2 Å². The van der Waals surface area contributed by atoms with Gasteiger partial charge in [0.05, 0.1) is 10.6 Å². The van der Waals surface area contributed by atoms with Crippen LogP contribution in [0.15, 0.2) is 94.9 Å². The Labute approximate surface area is 196 Å². The minimum atomic E-state index is -3.94. The Morgan fingerprint density at radius 2 is 1.52 bits per heavy atom. The molecule has 3 aromatic rings. The molecule has 0 unspecified atom stereocenters. The first kappa shape index (κ1) is 24.2. The zero-order chi connectivity index (χ0) is 23.7. The molecule has 0 aromatic heterocycles. The summed E-state index contributed by atoms with van der Waals surface area (Å²) in [5.74, 6) is -0.500. The molecule has 0 atom stereocenters. The van der Waals surface area contributed by atoms with Crippen LogP contribution in [0, 0.1) is 0 Å². The van der Waals surface area contributed by atoms with Crippen LogP contribution in [0.5, 0.6) is 0 Å². The minimum Gasteiger partial charge on any atom is -0.271 e. The third kappa shape index (κ3) is 6.52. The average molecular weight is 464 g/mol. The van der Waals surface area contributed by atoms with E-state index in [2.05, 4.69) is 10.5 Å². The monoisotopic (exact) mass is 463 g/mol. The van der Waals surface area contributed by atoms with Crippen molar-refractivity contribution in [2.45, 2.75) is 38.0 Å². The van der Waals surface area contributed by atoms with Gasteiger partial charge in [-0.1, -0.05) is 73.7 Å². The second-order valence-corrected chi connectivity index (χ2v) is 9.54. The van der Waals surface area contributed by atoms with Crippen molar-refractivity contribution in [2.24, 2.45) is 5.10 Å². The summed E-state index contributed by atoms with van der Waals surface area (Å²) in [5.41, 5.74) is 5.80. The number of benzene rings is 3. The number of anilines is 1. The van der Waals surface area contributed by atoms with Crippen molar-refractivity contribution in [1.82, 2.24) is 5.43 Å². The molecule has 7 heteroatoms. The first-order chi connectivity index (χ1) is 15.9. The highest BCUT2D eigenvalue weighted by atomic mass is 32.2. The maximum Gasteiger partial charge on any atom is 0.264 e. The van der Waals surface area contributed by atoms with E-state index >= 15 is 0 Å². The summed E-state index contributed by atoms with van der Waals surface area (Å²) in [5, 5.41) is 4.18. The van der Waals surface area contributed by atoms with Gasteiger partial charge in [-0.15, -0.1) is 0 Å². The average Bonchev–Trinajstić information content (AvgIpc) is 2.85. The molecule has 0 aliphatic carbocycles. The number of sulfonamides is 1. The van der Waals surface area contributed by atoms with Crippen LogP contribution in [-0.2, 0) is 27.7 Å². The molecule has 33 heavy (non-hydrogen) atoms. The minimum absolute atomic E-state index is 0.131. The van der Waals surface area contributed by atoms with Gasteiger partial charge in [-0.05, 0) is 55.5 Å². The molecule has 0 heterocycles. The number of carbonyl (C=O) groups is 1. The number of carbonyl (C=O) groups excluding carboxylic acids is 1. The highest BCUT2D eigenvalue weighted by Gasteiger charge is 2.28. The molecular formula is C26H29N3O3S. The third-order valence-corrected chi connectivity index (χ3v) is 7.02. The van der Waals surface area contributed by atoms with Crippen LogP contribution in [-0.4, -0.2) is 26.6 Å². The molecule has 3 rings (SSSR count). The number of para-hydroxylation sites is 1. The Bertz CT molecular complexity index is 1190. The zero-order valence-corrected chi connectivity index (χ0v) is 19.8. The highest BCUT2D eigenvalue weighted by Crippen LogP contribution is 2.27. The molecule has 1 N–H and O–H groups in total. The summed E-state index contributed by atoms with van der Waals surface area (Å²) < 4.78 is 28.0. The summed E-state index contributed by atoms with van der Waals surface area (Å²) in [6, 6.07) is 25.4. The molecular weight excluding hydrogens is 434 g/mol. The van der Waals surface area contributed by atoms with Crippen LogP contribution in [0.1, 0.15) is 31.4 Å². The van der Waals surface area contributed by atoms with Gasteiger partial charge in [-0.25, -0.2) is 13.8 Å². The van der Waals surface area contributed by atoms with Crippen LogP contribution in [0.3, 0.4) is 0 Å². The van der Waals surface area contributed by atoms with Crippen molar-refractivity contribution in [3.8, 4) is 0 Å². The van der Waals surface area contributed by atoms with Crippen molar-refractivity contribution in [3.63, 3.8) is 0 Å². The Kier molecular flexibility index (Phi) is 8.38. The van der Waals surface area contributed by atoms with Crippen LogP contribution in [0.2, 0.25) is 0 Å². The molecule has 3 aromatic carbocycles. The molecule has 0 spiro atoms. The van der Waals surface area contributed by atoms with Crippen molar-refractivity contribution in [1.29, 1.82) is 0 Å². The maximum absolute atomic E-state index is 13.4. The fourth-order valence-electron chi connectivity index (χ4n) is 3.42. The summed E-state index contributed by atoms with van der Waals surface area (Å²) in [6.45, 7) is 3.42. The van der Waals surface area contributed by atoms with Gasteiger partial charge >= 0.3 is 0 Å². The van der Waals surface area contributed by atoms with Crippen molar-refractivity contribution in [3.05, 3.63) is 96.1 Å². The topological polar surface area (TPSA) is 78.8 Å². The van der Waals surface area contributed by atoms with E-state index in [1.165, 1.54) is 17.7 Å². The van der Waals surface area contributed by atoms with E-state index in [4.69, 9.17) is 0 Å². The summed E-state index contributed by atoms with van der Waals surface area (Å²) in [4.78, 5) is 12.9.